The van der Waals surface area contributed by atoms with Gasteiger partial charge in [-0.3, -0.25) is 4.79 Å². The monoisotopic (exact) mass is 587 g/mol. The van der Waals surface area contributed by atoms with Gasteiger partial charge >= 0.3 is 0 Å². The molecule has 0 saturated carbocycles. The number of hydrogen-bond donors (Lipinski definition) is 0. The molecule has 1 amide bonds. The Morgan fingerprint density at radius 3 is 2.26 bits per heavy atom. The highest BCUT2D eigenvalue weighted by atomic mass is 32.2. The summed E-state index contributed by atoms with van der Waals surface area (Å²) < 4.78 is 59.5. The van der Waals surface area contributed by atoms with E-state index in [1.54, 1.807) is 30.7 Å². The quantitative estimate of drug-likeness (QED) is 0.279. The summed E-state index contributed by atoms with van der Waals surface area (Å²) in [6.45, 7) is 3.09. The first-order valence-electron chi connectivity index (χ1n) is 12.1. The van der Waals surface area contributed by atoms with E-state index in [0.29, 0.717) is 29.2 Å². The number of ether oxygens (including phenoxy) is 1. The first kappa shape index (κ1) is 28.8. The highest BCUT2D eigenvalue weighted by Gasteiger charge is 2.23. The molecule has 9 nitrogen and oxygen atoms in total. The van der Waals surface area contributed by atoms with Gasteiger partial charge in [0.05, 0.1) is 26.6 Å². The van der Waals surface area contributed by atoms with Crippen LogP contribution in [-0.4, -0.2) is 58.1 Å². The van der Waals surface area contributed by atoms with Crippen LogP contribution < -0.4 is 4.80 Å². The summed E-state index contributed by atoms with van der Waals surface area (Å²) in [4.78, 5) is 18.0. The largest absolute Gasteiger partial charge is 0.383 e. The van der Waals surface area contributed by atoms with Crippen molar-refractivity contribution in [2.24, 2.45) is 4.99 Å². The number of sulfone groups is 1. The van der Waals surface area contributed by atoms with Crippen molar-refractivity contribution in [2.75, 3.05) is 26.5 Å². The Kier molecular flexibility index (Phi) is 8.82. The van der Waals surface area contributed by atoms with Gasteiger partial charge in [-0.05, 0) is 48.0 Å². The van der Waals surface area contributed by atoms with E-state index in [0.717, 1.165) is 17.3 Å². The van der Waals surface area contributed by atoms with E-state index in [-0.39, 0.29) is 21.9 Å². The number of carbonyl (C=O) groups is 1. The van der Waals surface area contributed by atoms with Crippen LogP contribution >= 0.6 is 11.3 Å². The van der Waals surface area contributed by atoms with Gasteiger partial charge in [-0.15, -0.1) is 0 Å². The molecule has 0 saturated heterocycles. The number of thiazole rings is 1. The minimum absolute atomic E-state index is 0.0853. The Morgan fingerprint density at radius 2 is 1.64 bits per heavy atom. The third-order valence-electron chi connectivity index (χ3n) is 6.09. The molecule has 0 spiro atoms. The van der Waals surface area contributed by atoms with E-state index in [9.17, 15) is 21.6 Å². The number of methoxy groups -OCH3 is 1. The fourth-order valence-corrected chi connectivity index (χ4v) is 7.24. The van der Waals surface area contributed by atoms with Crippen molar-refractivity contribution >= 4 is 47.3 Å². The number of rotatable bonds is 10. The molecule has 0 atom stereocenters. The molecule has 3 aromatic carbocycles. The Morgan fingerprint density at radius 1 is 0.974 bits per heavy atom. The molecule has 0 radical (unpaired) electrons. The van der Waals surface area contributed by atoms with E-state index >= 15 is 0 Å². The van der Waals surface area contributed by atoms with Crippen LogP contribution in [0.15, 0.2) is 87.6 Å². The van der Waals surface area contributed by atoms with Crippen molar-refractivity contribution < 1.29 is 26.4 Å². The van der Waals surface area contributed by atoms with E-state index in [1.807, 2.05) is 30.3 Å². The number of carbonyl (C=O) groups excluding carboxylic acids is 1. The third kappa shape index (κ3) is 6.53. The highest BCUT2D eigenvalue weighted by molar-refractivity contribution is 7.90. The molecule has 0 N–H and O–H groups in total. The first-order valence-corrected chi connectivity index (χ1v) is 16.2. The van der Waals surface area contributed by atoms with Gasteiger partial charge < -0.3 is 9.30 Å². The topological polar surface area (TPSA) is 115 Å². The second-order valence-electron chi connectivity index (χ2n) is 8.79. The van der Waals surface area contributed by atoms with E-state index in [1.165, 1.54) is 46.0 Å². The SMILES string of the molecule is CCN(Cc1ccccc1)S(=O)(=O)c1ccc(C(=O)N=c2sc3cc(S(C)(=O)=O)ccc3n2CCOC)cc1. The minimum Gasteiger partial charge on any atom is -0.383 e. The van der Waals surface area contributed by atoms with Crippen LogP contribution in [0.1, 0.15) is 22.8 Å². The number of benzene rings is 3. The van der Waals surface area contributed by atoms with Crippen LogP contribution in [0.4, 0.5) is 0 Å². The van der Waals surface area contributed by atoms with E-state index in [4.69, 9.17) is 4.74 Å². The lowest BCUT2D eigenvalue weighted by Crippen LogP contribution is -2.30. The smallest absolute Gasteiger partial charge is 0.279 e. The van der Waals surface area contributed by atoms with Crippen molar-refractivity contribution in [3.63, 3.8) is 0 Å². The Bertz CT molecular complexity index is 1760. The molecule has 1 aromatic heterocycles. The predicted molar refractivity (Wildman–Crippen MR) is 151 cm³/mol. The van der Waals surface area contributed by atoms with Gasteiger partial charge in [0.2, 0.25) is 10.0 Å². The average Bonchev–Trinajstić information content (AvgIpc) is 3.26. The summed E-state index contributed by atoms with van der Waals surface area (Å²) in [7, 11) is -5.61. The molecule has 4 aromatic rings. The Hall–Kier alpha value is -3.16. The zero-order valence-electron chi connectivity index (χ0n) is 21.8. The Balaban J connectivity index is 1.65. The van der Waals surface area contributed by atoms with Gasteiger partial charge in [-0.2, -0.15) is 9.30 Å². The lowest BCUT2D eigenvalue weighted by Gasteiger charge is -2.20. The van der Waals surface area contributed by atoms with Crippen molar-refractivity contribution in [3.8, 4) is 0 Å². The molecule has 39 heavy (non-hydrogen) atoms. The van der Waals surface area contributed by atoms with Crippen molar-refractivity contribution in [2.45, 2.75) is 29.8 Å². The summed E-state index contributed by atoms with van der Waals surface area (Å²) >= 11 is 1.20. The van der Waals surface area contributed by atoms with Crippen molar-refractivity contribution in [1.29, 1.82) is 0 Å². The number of hydrogen-bond acceptors (Lipinski definition) is 7. The molecule has 0 aliphatic carbocycles. The summed E-state index contributed by atoms with van der Waals surface area (Å²) in [6.07, 6.45) is 1.14. The summed E-state index contributed by atoms with van der Waals surface area (Å²) in [6, 6.07) is 19.8. The van der Waals surface area contributed by atoms with Gasteiger partial charge in [0.25, 0.3) is 5.91 Å². The maximum atomic E-state index is 13.2. The molecule has 206 valence electrons. The van der Waals surface area contributed by atoms with Crippen LogP contribution in [-0.2, 0) is 37.7 Å². The van der Waals surface area contributed by atoms with Crippen LogP contribution in [0, 0.1) is 0 Å². The van der Waals surface area contributed by atoms with E-state index < -0.39 is 25.8 Å². The predicted octanol–water partition coefficient (Wildman–Crippen LogP) is 3.70. The van der Waals surface area contributed by atoms with Crippen LogP contribution in [0.2, 0.25) is 0 Å². The normalized spacial score (nSPS) is 12.9. The molecule has 0 unspecified atom stereocenters. The highest BCUT2D eigenvalue weighted by Crippen LogP contribution is 2.23. The van der Waals surface area contributed by atoms with Gasteiger partial charge in [-0.1, -0.05) is 48.6 Å². The van der Waals surface area contributed by atoms with Crippen LogP contribution in [0.5, 0.6) is 0 Å². The van der Waals surface area contributed by atoms with E-state index in [2.05, 4.69) is 4.99 Å². The van der Waals surface area contributed by atoms with Crippen LogP contribution in [0.25, 0.3) is 10.2 Å². The summed E-state index contributed by atoms with van der Waals surface area (Å²) in [5.41, 5.74) is 1.84. The number of fused-ring (bicyclic) bond motifs is 1. The number of nitrogens with zero attached hydrogens (tertiary/aromatic N) is 3. The first-order chi connectivity index (χ1) is 18.5. The molecule has 0 bridgehead atoms. The fourth-order valence-electron chi connectivity index (χ4n) is 3.99. The average molecular weight is 588 g/mol. The maximum absolute atomic E-state index is 13.2. The lowest BCUT2D eigenvalue weighted by molar-refractivity contribution is 0.0997. The number of sulfonamides is 1. The van der Waals surface area contributed by atoms with Crippen molar-refractivity contribution in [1.82, 2.24) is 8.87 Å². The van der Waals surface area contributed by atoms with Gasteiger partial charge in [0.15, 0.2) is 14.6 Å². The van der Waals surface area contributed by atoms with Gasteiger partial charge in [0, 0.05) is 38.6 Å². The molecule has 1 heterocycles. The molecule has 0 aliphatic rings. The lowest BCUT2D eigenvalue weighted by atomic mass is 10.2. The second kappa shape index (κ2) is 11.9. The third-order valence-corrected chi connectivity index (χ3v) is 10.2. The number of aromatic nitrogens is 1. The number of amides is 1. The fraction of sp³-hybridized carbons (Fsp3) is 0.259. The molecule has 12 heteroatoms. The van der Waals surface area contributed by atoms with Gasteiger partial charge in [-0.25, -0.2) is 16.8 Å². The molecular weight excluding hydrogens is 559 g/mol. The Labute approximate surface area is 232 Å². The minimum atomic E-state index is -3.77. The standard InChI is InChI=1S/C27H29N3O6S3/c1-4-29(19-20-8-6-5-7-9-20)39(34,35)22-12-10-21(11-13-22)26(31)28-27-30(16-17-36-2)24-15-14-23(38(3,32)33)18-25(24)37-27/h5-15,18H,4,16-17,19H2,1-3H3. The molecular formula is C27H29N3O6S3. The van der Waals surface area contributed by atoms with Crippen molar-refractivity contribution in [3.05, 3.63) is 88.7 Å². The molecule has 0 aliphatic heterocycles. The molecule has 4 rings (SSSR count). The van der Waals surface area contributed by atoms with Crippen LogP contribution in [0.3, 0.4) is 0 Å². The second-order valence-corrected chi connectivity index (χ2v) is 13.8. The van der Waals surface area contributed by atoms with Gasteiger partial charge in [0.1, 0.15) is 0 Å². The summed E-state index contributed by atoms with van der Waals surface area (Å²) in [5.74, 6) is -0.545. The zero-order chi connectivity index (χ0) is 28.2. The zero-order valence-corrected chi connectivity index (χ0v) is 24.2. The summed E-state index contributed by atoms with van der Waals surface area (Å²) in [5, 5.41) is 0. The maximum Gasteiger partial charge on any atom is 0.279 e. The molecule has 0 fully saturated rings.